The van der Waals surface area contributed by atoms with Gasteiger partial charge in [0, 0.05) is 12.8 Å². The van der Waals surface area contributed by atoms with Crippen molar-refractivity contribution < 1.29 is 49.3 Å². The van der Waals surface area contributed by atoms with Crippen molar-refractivity contribution in [2.75, 3.05) is 19.8 Å². The number of rotatable bonds is 64. The minimum Gasteiger partial charge on any atom is -0.466 e. The summed E-state index contributed by atoms with van der Waals surface area (Å²) in [6.07, 6.45) is 69.9. The van der Waals surface area contributed by atoms with Gasteiger partial charge in [-0.3, -0.25) is 9.59 Å². The second kappa shape index (κ2) is 62.5. The molecule has 1 fully saturated rings. The molecule has 11 heteroatoms. The van der Waals surface area contributed by atoms with Gasteiger partial charge in [-0.25, -0.2) is 0 Å². The van der Waals surface area contributed by atoms with Crippen LogP contribution in [0.5, 0.6) is 0 Å². The van der Waals surface area contributed by atoms with Gasteiger partial charge in [-0.05, 0) is 77.0 Å². The second-order valence-corrected chi connectivity index (χ2v) is 25.3. The average Bonchev–Trinajstić information content (AvgIpc) is 3.65. The Morgan fingerprint density at radius 2 is 0.774 bits per heavy atom. The topological polar surface area (TPSA) is 175 Å². The van der Waals surface area contributed by atoms with E-state index < -0.39 is 49.5 Å². The number of unbranched alkanes of at least 4 members (excludes halogenated alkanes) is 46. The molecule has 11 nitrogen and oxygen atoms in total. The fourth-order valence-electron chi connectivity index (χ4n) is 11.5. The van der Waals surface area contributed by atoms with Crippen LogP contribution < -0.4 is 5.32 Å². The van der Waals surface area contributed by atoms with Crippen molar-refractivity contribution >= 4 is 11.9 Å². The van der Waals surface area contributed by atoms with Crippen LogP contribution in [0.2, 0.25) is 0 Å². The SMILES string of the molecule is CCCC/C=C\CCCCCCCC(=O)OCCCCCCCCCCCCCC/C=C\CCCCCCCCCCCCCCCCC(=O)NC(COC1OC(CO)C(O)C(O)C1O)C(O)/C=C/CCCCCCCCCCCCCCC. The van der Waals surface area contributed by atoms with E-state index in [-0.39, 0.29) is 18.5 Å². The average molecular weight is 1190 g/mol. The fraction of sp³-hybridized carbons (Fsp3) is 0.890. The number of aliphatic hydroxyl groups excluding tert-OH is 5. The quantitative estimate of drug-likeness (QED) is 0.0195. The van der Waals surface area contributed by atoms with Gasteiger partial charge < -0.3 is 45.1 Å². The fourth-order valence-corrected chi connectivity index (χ4v) is 11.5. The van der Waals surface area contributed by atoms with Crippen molar-refractivity contribution in [1.29, 1.82) is 0 Å². The highest BCUT2D eigenvalue weighted by atomic mass is 16.7. The molecular weight excluding hydrogens is 1050 g/mol. The van der Waals surface area contributed by atoms with E-state index in [9.17, 15) is 35.1 Å². The first-order chi connectivity index (χ1) is 41.2. The van der Waals surface area contributed by atoms with Crippen molar-refractivity contribution in [3.05, 3.63) is 36.5 Å². The van der Waals surface area contributed by atoms with Crippen LogP contribution in [0.1, 0.15) is 354 Å². The van der Waals surface area contributed by atoms with Crippen LogP contribution in [-0.4, -0.2) is 100 Å². The molecule has 0 aromatic rings. The van der Waals surface area contributed by atoms with Gasteiger partial charge >= 0.3 is 5.97 Å². The number of ether oxygens (including phenoxy) is 3. The van der Waals surface area contributed by atoms with Crippen molar-refractivity contribution in [1.82, 2.24) is 5.32 Å². The van der Waals surface area contributed by atoms with Gasteiger partial charge in [0.05, 0.1) is 32.0 Å². The van der Waals surface area contributed by atoms with E-state index in [0.717, 1.165) is 57.8 Å². The van der Waals surface area contributed by atoms with Gasteiger partial charge in [0.1, 0.15) is 24.4 Å². The van der Waals surface area contributed by atoms with Crippen molar-refractivity contribution in [2.45, 2.75) is 397 Å². The maximum Gasteiger partial charge on any atom is 0.305 e. The Morgan fingerprint density at radius 1 is 0.429 bits per heavy atom. The van der Waals surface area contributed by atoms with E-state index in [1.165, 1.54) is 270 Å². The number of esters is 1. The first kappa shape index (κ1) is 79.9. The van der Waals surface area contributed by atoms with Crippen LogP contribution in [0.4, 0.5) is 0 Å². The van der Waals surface area contributed by atoms with E-state index in [1.807, 2.05) is 6.08 Å². The summed E-state index contributed by atoms with van der Waals surface area (Å²) in [4.78, 5) is 25.1. The summed E-state index contributed by atoms with van der Waals surface area (Å²) >= 11 is 0. The van der Waals surface area contributed by atoms with Crippen LogP contribution in [0.15, 0.2) is 36.5 Å². The summed E-state index contributed by atoms with van der Waals surface area (Å²) < 4.78 is 16.8. The van der Waals surface area contributed by atoms with Crippen molar-refractivity contribution in [2.24, 2.45) is 0 Å². The molecule has 7 atom stereocenters. The molecule has 0 saturated carbocycles. The number of hydrogen-bond acceptors (Lipinski definition) is 10. The van der Waals surface area contributed by atoms with Gasteiger partial charge in [-0.2, -0.15) is 0 Å². The molecule has 0 aromatic heterocycles. The number of nitrogens with one attached hydrogen (secondary N) is 1. The van der Waals surface area contributed by atoms with E-state index in [0.29, 0.717) is 19.4 Å². The number of aliphatic hydroxyl groups is 5. The lowest BCUT2D eigenvalue weighted by Gasteiger charge is -2.40. The van der Waals surface area contributed by atoms with Crippen LogP contribution in [0, 0.1) is 0 Å². The summed E-state index contributed by atoms with van der Waals surface area (Å²) in [5, 5.41) is 54.6. The Kier molecular flexibility index (Phi) is 59.4. The summed E-state index contributed by atoms with van der Waals surface area (Å²) in [6, 6.07) is -0.809. The molecule has 1 aliphatic rings. The maximum absolute atomic E-state index is 13.1. The minimum absolute atomic E-state index is 0.00202. The molecule has 0 aromatic carbocycles. The molecule has 494 valence electrons. The first-order valence-corrected chi connectivity index (χ1v) is 36.3. The normalized spacial score (nSPS) is 18.2. The van der Waals surface area contributed by atoms with Gasteiger partial charge in [0.2, 0.25) is 5.91 Å². The third-order valence-corrected chi connectivity index (χ3v) is 17.2. The van der Waals surface area contributed by atoms with E-state index >= 15 is 0 Å². The highest BCUT2D eigenvalue weighted by molar-refractivity contribution is 5.76. The largest absolute Gasteiger partial charge is 0.466 e. The third kappa shape index (κ3) is 50.8. The molecule has 1 rings (SSSR count). The second-order valence-electron chi connectivity index (χ2n) is 25.3. The summed E-state index contributed by atoms with van der Waals surface area (Å²) in [6.45, 7) is 4.35. The molecule has 6 N–H and O–H groups in total. The molecule has 0 aliphatic carbocycles. The molecule has 1 saturated heterocycles. The predicted molar refractivity (Wildman–Crippen MR) is 352 cm³/mol. The van der Waals surface area contributed by atoms with E-state index in [2.05, 4.69) is 43.5 Å². The Bertz CT molecular complexity index is 1490. The van der Waals surface area contributed by atoms with Gasteiger partial charge in [-0.1, -0.05) is 301 Å². The van der Waals surface area contributed by atoms with Gasteiger partial charge in [-0.15, -0.1) is 0 Å². The number of hydrogen-bond donors (Lipinski definition) is 6. The van der Waals surface area contributed by atoms with Crippen LogP contribution in [0.3, 0.4) is 0 Å². The van der Waals surface area contributed by atoms with Crippen molar-refractivity contribution in [3.63, 3.8) is 0 Å². The van der Waals surface area contributed by atoms with E-state index in [1.54, 1.807) is 6.08 Å². The lowest BCUT2D eigenvalue weighted by atomic mass is 9.99. The number of carbonyl (C=O) groups is 2. The summed E-state index contributed by atoms with van der Waals surface area (Å²) in [5.74, 6) is -0.180. The van der Waals surface area contributed by atoms with Crippen LogP contribution >= 0.6 is 0 Å². The highest BCUT2D eigenvalue weighted by Crippen LogP contribution is 2.23. The number of amides is 1. The van der Waals surface area contributed by atoms with Crippen LogP contribution in [0.25, 0.3) is 0 Å². The molecule has 1 aliphatic heterocycles. The van der Waals surface area contributed by atoms with Crippen molar-refractivity contribution in [3.8, 4) is 0 Å². The van der Waals surface area contributed by atoms with Gasteiger partial charge in [0.25, 0.3) is 0 Å². The molecule has 84 heavy (non-hydrogen) atoms. The summed E-state index contributed by atoms with van der Waals surface area (Å²) in [5.41, 5.74) is 0. The lowest BCUT2D eigenvalue weighted by Crippen LogP contribution is -2.60. The zero-order chi connectivity index (χ0) is 60.9. The Morgan fingerprint density at radius 3 is 1.18 bits per heavy atom. The molecular formula is C73H137NO10. The predicted octanol–water partition coefficient (Wildman–Crippen LogP) is 18.6. The highest BCUT2D eigenvalue weighted by Gasteiger charge is 2.44. The molecule has 7 unspecified atom stereocenters. The Hall–Kier alpha value is -2.12. The molecule has 0 radical (unpaired) electrons. The van der Waals surface area contributed by atoms with Crippen LogP contribution in [-0.2, 0) is 23.8 Å². The zero-order valence-electron chi connectivity index (χ0n) is 54.9. The van der Waals surface area contributed by atoms with Gasteiger partial charge in [0.15, 0.2) is 6.29 Å². The Labute approximate surface area is 517 Å². The smallest absolute Gasteiger partial charge is 0.305 e. The molecule has 0 spiro atoms. The van der Waals surface area contributed by atoms with E-state index in [4.69, 9.17) is 14.2 Å². The first-order valence-electron chi connectivity index (χ1n) is 36.3. The molecule has 0 bridgehead atoms. The maximum atomic E-state index is 13.1. The molecule has 1 heterocycles. The number of carbonyl (C=O) groups excluding carboxylic acids is 2. The molecule has 1 amide bonds. The lowest BCUT2D eigenvalue weighted by molar-refractivity contribution is -0.302. The summed E-state index contributed by atoms with van der Waals surface area (Å²) in [7, 11) is 0. The standard InChI is InChI=1S/C73H137NO10/c1-3-5-7-9-11-13-15-16-33-36-40-43-47-51-55-59-66(76)65(64-83-73-72(81)71(80)70(79)67(63-75)84-73)74-68(77)60-56-52-48-44-41-37-34-31-29-27-25-23-21-19-17-18-20-22-24-26-28-30-32-35-38-42-46-50-54-58-62-82-69(78)61-57-53-49-45-39-14-12-10-8-6-4-2/h10,12,18,20,55,59,65-67,70-73,75-76,79-81H,3-9,11,13-17,19,21-54,56-58,60-64H2,1-2H3,(H,74,77)/b12-10-,20-18-,59-55+. The Balaban J connectivity index is 1.99. The monoisotopic (exact) mass is 1190 g/mol. The minimum atomic E-state index is -1.57. The third-order valence-electron chi connectivity index (χ3n) is 17.2. The zero-order valence-corrected chi connectivity index (χ0v) is 54.9. The number of allylic oxidation sites excluding steroid dienone is 5.